The van der Waals surface area contributed by atoms with Crippen LogP contribution in [0.2, 0.25) is 0 Å². The van der Waals surface area contributed by atoms with Gasteiger partial charge in [0.2, 0.25) is 20.0 Å². The van der Waals surface area contributed by atoms with E-state index >= 15 is 0 Å². The molecule has 2 aromatic carbocycles. The summed E-state index contributed by atoms with van der Waals surface area (Å²) in [6, 6.07) is 10.6. The van der Waals surface area contributed by atoms with Crippen LogP contribution in [0.25, 0.3) is 11.1 Å². The van der Waals surface area contributed by atoms with Gasteiger partial charge in [-0.3, -0.25) is 9.44 Å². The van der Waals surface area contributed by atoms with Gasteiger partial charge in [-0.15, -0.1) is 0 Å². The maximum Gasteiger partial charge on any atom is 0.229 e. The van der Waals surface area contributed by atoms with Gasteiger partial charge in [-0.25, -0.2) is 16.8 Å². The van der Waals surface area contributed by atoms with Gasteiger partial charge in [0.1, 0.15) is 0 Å². The van der Waals surface area contributed by atoms with Crippen LogP contribution >= 0.6 is 0 Å². The zero-order chi connectivity index (χ0) is 18.1. The lowest BCUT2D eigenvalue weighted by Crippen LogP contribution is -2.10. The molecule has 0 unspecified atom stereocenters. The predicted molar refractivity (Wildman–Crippen MR) is 98.3 cm³/mol. The van der Waals surface area contributed by atoms with Crippen LogP contribution in [0.15, 0.2) is 36.4 Å². The highest BCUT2D eigenvalue weighted by Gasteiger charge is 2.10. The molecule has 0 saturated heterocycles. The lowest BCUT2D eigenvalue weighted by atomic mass is 9.96. The van der Waals surface area contributed by atoms with Crippen LogP contribution in [0.3, 0.4) is 0 Å². The molecule has 0 fully saturated rings. The first-order chi connectivity index (χ1) is 10.9. The fraction of sp³-hybridized carbons (Fsp3) is 0.250. The number of aryl methyl sites for hydroxylation is 2. The molecule has 6 nitrogen and oxygen atoms in total. The first-order valence-corrected chi connectivity index (χ1v) is 10.9. The third-order valence-corrected chi connectivity index (χ3v) is 4.56. The maximum absolute atomic E-state index is 11.3. The van der Waals surface area contributed by atoms with E-state index in [0.29, 0.717) is 11.4 Å². The average molecular weight is 368 g/mol. The summed E-state index contributed by atoms with van der Waals surface area (Å²) in [6.07, 6.45) is 2.21. The summed E-state index contributed by atoms with van der Waals surface area (Å²) in [5.74, 6) is 0. The summed E-state index contributed by atoms with van der Waals surface area (Å²) in [7, 11) is -6.64. The fourth-order valence-corrected chi connectivity index (χ4v) is 3.60. The second-order valence-corrected chi connectivity index (χ2v) is 9.30. The van der Waals surface area contributed by atoms with Crippen LogP contribution in [0.1, 0.15) is 11.1 Å². The van der Waals surface area contributed by atoms with Crippen molar-refractivity contribution in [3.63, 3.8) is 0 Å². The number of hydrogen-bond acceptors (Lipinski definition) is 4. The lowest BCUT2D eigenvalue weighted by Gasteiger charge is -2.13. The predicted octanol–water partition coefficient (Wildman–Crippen LogP) is 2.71. The molecule has 0 aromatic heterocycles. The summed E-state index contributed by atoms with van der Waals surface area (Å²) in [5.41, 5.74) is 4.75. The Morgan fingerprint density at radius 3 is 1.25 bits per heavy atom. The van der Waals surface area contributed by atoms with Crippen molar-refractivity contribution in [3.8, 4) is 11.1 Å². The van der Waals surface area contributed by atoms with Gasteiger partial charge in [0.05, 0.1) is 12.5 Å². The summed E-state index contributed by atoms with van der Waals surface area (Å²) in [6.45, 7) is 3.79. The van der Waals surface area contributed by atoms with Gasteiger partial charge in [-0.05, 0) is 60.4 Å². The molecule has 0 bridgehead atoms. The molecule has 0 atom stereocenters. The molecule has 0 aliphatic heterocycles. The quantitative estimate of drug-likeness (QED) is 0.849. The van der Waals surface area contributed by atoms with E-state index in [1.807, 2.05) is 26.0 Å². The first-order valence-electron chi connectivity index (χ1n) is 7.12. The van der Waals surface area contributed by atoms with Gasteiger partial charge in [0.25, 0.3) is 0 Å². The topological polar surface area (TPSA) is 92.3 Å². The summed E-state index contributed by atoms with van der Waals surface area (Å²) < 4.78 is 50.1. The van der Waals surface area contributed by atoms with Crippen LogP contribution in [-0.2, 0) is 20.0 Å². The second kappa shape index (κ2) is 6.45. The minimum Gasteiger partial charge on any atom is -0.284 e. The van der Waals surface area contributed by atoms with Crippen molar-refractivity contribution in [3.05, 3.63) is 47.5 Å². The molecule has 0 amide bonds. The van der Waals surface area contributed by atoms with Gasteiger partial charge in [0, 0.05) is 11.4 Å². The van der Waals surface area contributed by atoms with E-state index in [0.717, 1.165) is 34.8 Å². The van der Waals surface area contributed by atoms with Crippen molar-refractivity contribution in [2.75, 3.05) is 22.0 Å². The smallest absolute Gasteiger partial charge is 0.229 e. The second-order valence-electron chi connectivity index (χ2n) is 5.81. The minimum atomic E-state index is -3.32. The molecule has 2 rings (SSSR count). The molecule has 130 valence electrons. The van der Waals surface area contributed by atoms with E-state index in [-0.39, 0.29) is 0 Å². The van der Waals surface area contributed by atoms with Crippen LogP contribution in [0, 0.1) is 13.8 Å². The Morgan fingerprint density at radius 1 is 0.667 bits per heavy atom. The van der Waals surface area contributed by atoms with E-state index in [4.69, 9.17) is 0 Å². The lowest BCUT2D eigenvalue weighted by molar-refractivity contribution is 0.605. The Morgan fingerprint density at radius 2 is 1.00 bits per heavy atom. The summed E-state index contributed by atoms with van der Waals surface area (Å²) in [4.78, 5) is 0. The molecule has 0 spiro atoms. The third kappa shape index (κ3) is 4.97. The highest BCUT2D eigenvalue weighted by molar-refractivity contribution is 7.92. The number of rotatable bonds is 5. The zero-order valence-electron chi connectivity index (χ0n) is 13.9. The Hall–Kier alpha value is -2.06. The Balaban J connectivity index is 2.38. The number of nitrogens with one attached hydrogen (secondary N) is 2. The Kier molecular flexibility index (Phi) is 4.91. The minimum absolute atomic E-state index is 0.506. The highest BCUT2D eigenvalue weighted by Crippen LogP contribution is 2.30. The third-order valence-electron chi connectivity index (χ3n) is 3.35. The largest absolute Gasteiger partial charge is 0.284 e. The molecule has 0 aliphatic carbocycles. The number of anilines is 2. The van der Waals surface area contributed by atoms with E-state index in [1.54, 1.807) is 24.3 Å². The average Bonchev–Trinajstić information content (AvgIpc) is 2.36. The summed E-state index contributed by atoms with van der Waals surface area (Å²) >= 11 is 0. The van der Waals surface area contributed by atoms with Crippen molar-refractivity contribution in [1.82, 2.24) is 0 Å². The zero-order valence-corrected chi connectivity index (χ0v) is 15.5. The molecule has 2 N–H and O–H groups in total. The molecule has 0 heterocycles. The Labute approximate surface area is 143 Å². The normalized spacial score (nSPS) is 12.0. The molecular weight excluding hydrogens is 348 g/mol. The van der Waals surface area contributed by atoms with E-state index in [9.17, 15) is 16.8 Å². The van der Waals surface area contributed by atoms with Crippen LogP contribution in [0.5, 0.6) is 0 Å². The first kappa shape index (κ1) is 18.3. The van der Waals surface area contributed by atoms with Gasteiger partial charge in [-0.1, -0.05) is 12.1 Å². The fourth-order valence-electron chi connectivity index (χ4n) is 2.49. The van der Waals surface area contributed by atoms with E-state index < -0.39 is 20.0 Å². The molecule has 2 aromatic rings. The van der Waals surface area contributed by atoms with Crippen molar-refractivity contribution in [2.24, 2.45) is 0 Å². The van der Waals surface area contributed by atoms with Gasteiger partial charge in [0.15, 0.2) is 0 Å². The number of hydrogen-bond donors (Lipinski definition) is 2. The van der Waals surface area contributed by atoms with Crippen molar-refractivity contribution in [1.29, 1.82) is 0 Å². The maximum atomic E-state index is 11.3. The summed E-state index contributed by atoms with van der Waals surface area (Å²) in [5, 5.41) is 0. The number of benzene rings is 2. The monoisotopic (exact) mass is 368 g/mol. The molecular formula is C16H20N2O4S2. The molecule has 24 heavy (non-hydrogen) atoms. The van der Waals surface area contributed by atoms with Crippen molar-refractivity contribution >= 4 is 31.4 Å². The standard InChI is InChI=1S/C16H20N2O4S2/c1-11-9-13(17-23(3,19)20)5-7-15(11)16-8-6-14(10-12(16)2)18-24(4,21)22/h5-10,17-18H,1-4H3. The SMILES string of the molecule is Cc1cc(NS(C)(=O)=O)ccc1-c1ccc(NS(C)(=O)=O)cc1C. The molecule has 0 saturated carbocycles. The molecule has 8 heteroatoms. The van der Waals surface area contributed by atoms with E-state index in [2.05, 4.69) is 9.44 Å². The Bertz CT molecular complexity index is 900. The molecule has 0 aliphatic rings. The van der Waals surface area contributed by atoms with Crippen LogP contribution < -0.4 is 9.44 Å². The van der Waals surface area contributed by atoms with Crippen LogP contribution in [-0.4, -0.2) is 29.3 Å². The van der Waals surface area contributed by atoms with Crippen LogP contribution in [0.4, 0.5) is 11.4 Å². The number of sulfonamides is 2. The van der Waals surface area contributed by atoms with Crippen molar-refractivity contribution < 1.29 is 16.8 Å². The highest BCUT2D eigenvalue weighted by atomic mass is 32.2. The molecule has 0 radical (unpaired) electrons. The van der Waals surface area contributed by atoms with Gasteiger partial charge in [-0.2, -0.15) is 0 Å². The van der Waals surface area contributed by atoms with Crippen molar-refractivity contribution in [2.45, 2.75) is 13.8 Å². The van der Waals surface area contributed by atoms with E-state index in [1.165, 1.54) is 0 Å². The van der Waals surface area contributed by atoms with Gasteiger partial charge < -0.3 is 0 Å². The van der Waals surface area contributed by atoms with Gasteiger partial charge >= 0.3 is 0 Å².